The second kappa shape index (κ2) is 3.66. The van der Waals surface area contributed by atoms with Crippen molar-refractivity contribution in [3.63, 3.8) is 0 Å². The number of esters is 1. The van der Waals surface area contributed by atoms with Crippen LogP contribution in [0.3, 0.4) is 0 Å². The third kappa shape index (κ3) is 1.74. The Morgan fingerprint density at radius 1 is 1.20 bits per heavy atom. The minimum absolute atomic E-state index is 0.175. The normalized spacial score (nSPS) is 21.3. The van der Waals surface area contributed by atoms with E-state index >= 15 is 0 Å². The molecule has 1 fully saturated rings. The zero-order valence-electron chi connectivity index (χ0n) is 7.92. The minimum Gasteiger partial charge on any atom is -0.465 e. The van der Waals surface area contributed by atoms with E-state index in [0.717, 1.165) is 0 Å². The van der Waals surface area contributed by atoms with Crippen molar-refractivity contribution in [3.8, 4) is 0 Å². The molecule has 1 aromatic carbocycles. The average Bonchev–Trinajstić information content (AvgIpc) is 2.66. The standard InChI is InChI=1S/C10H10O4S/c11-10-9(6-7-14-10)15(12,13)8-4-2-1-3-5-8/h1-5,9H,6-7H2/t9-/m1/s1. The lowest BCUT2D eigenvalue weighted by molar-refractivity contribution is -0.137. The number of benzene rings is 1. The molecule has 2 rings (SSSR count). The molecular weight excluding hydrogens is 216 g/mol. The van der Waals surface area contributed by atoms with Gasteiger partial charge in [0.15, 0.2) is 15.1 Å². The second-order valence-electron chi connectivity index (χ2n) is 3.30. The maximum Gasteiger partial charge on any atom is 0.324 e. The van der Waals surface area contributed by atoms with Crippen LogP contribution in [0, 0.1) is 0 Å². The van der Waals surface area contributed by atoms with Crippen molar-refractivity contribution >= 4 is 15.8 Å². The summed E-state index contributed by atoms with van der Waals surface area (Å²) in [6, 6.07) is 7.97. The Balaban J connectivity index is 2.40. The van der Waals surface area contributed by atoms with Gasteiger partial charge < -0.3 is 4.74 Å². The van der Waals surface area contributed by atoms with Crippen LogP contribution in [0.5, 0.6) is 0 Å². The highest BCUT2D eigenvalue weighted by molar-refractivity contribution is 7.92. The van der Waals surface area contributed by atoms with Gasteiger partial charge in [0.25, 0.3) is 0 Å². The first kappa shape index (κ1) is 10.2. The lowest BCUT2D eigenvalue weighted by Gasteiger charge is -2.07. The smallest absolute Gasteiger partial charge is 0.324 e. The maximum atomic E-state index is 11.9. The third-order valence-electron chi connectivity index (χ3n) is 2.33. The van der Waals surface area contributed by atoms with Crippen LogP contribution in [0.15, 0.2) is 35.2 Å². The number of ether oxygens (including phenoxy) is 1. The molecule has 0 spiro atoms. The molecule has 0 aliphatic carbocycles. The highest BCUT2D eigenvalue weighted by atomic mass is 32.2. The van der Waals surface area contributed by atoms with E-state index in [2.05, 4.69) is 4.74 Å². The Morgan fingerprint density at radius 2 is 1.87 bits per heavy atom. The summed E-state index contributed by atoms with van der Waals surface area (Å²) in [6.45, 7) is 0.190. The van der Waals surface area contributed by atoms with Crippen molar-refractivity contribution in [2.45, 2.75) is 16.6 Å². The van der Waals surface area contributed by atoms with Crippen molar-refractivity contribution in [1.29, 1.82) is 0 Å². The summed E-state index contributed by atoms with van der Waals surface area (Å²) < 4.78 is 28.5. The molecule has 0 radical (unpaired) electrons. The first-order chi connectivity index (χ1) is 7.12. The van der Waals surface area contributed by atoms with E-state index in [0.29, 0.717) is 0 Å². The predicted octanol–water partition coefficient (Wildman–Crippen LogP) is 0.776. The Morgan fingerprint density at radius 3 is 2.40 bits per heavy atom. The molecule has 0 amide bonds. The molecule has 1 heterocycles. The molecule has 15 heavy (non-hydrogen) atoms. The van der Waals surface area contributed by atoms with E-state index in [1.807, 2.05) is 0 Å². The van der Waals surface area contributed by atoms with Gasteiger partial charge in [0.2, 0.25) is 0 Å². The summed E-state index contributed by atoms with van der Waals surface area (Å²) in [7, 11) is -3.56. The molecule has 1 aliphatic heterocycles. The number of hydrogen-bond acceptors (Lipinski definition) is 4. The molecular formula is C10H10O4S. The van der Waals surface area contributed by atoms with Crippen LogP contribution in [0.2, 0.25) is 0 Å². The number of carbonyl (C=O) groups excluding carboxylic acids is 1. The van der Waals surface area contributed by atoms with Crippen LogP contribution >= 0.6 is 0 Å². The van der Waals surface area contributed by atoms with Gasteiger partial charge in [0.1, 0.15) is 0 Å². The van der Waals surface area contributed by atoms with Gasteiger partial charge in [-0.15, -0.1) is 0 Å². The molecule has 4 nitrogen and oxygen atoms in total. The highest BCUT2D eigenvalue weighted by Crippen LogP contribution is 2.22. The second-order valence-corrected chi connectivity index (χ2v) is 5.43. The Labute approximate surface area is 87.8 Å². The summed E-state index contributed by atoms with van der Waals surface area (Å²) in [5, 5.41) is -1.03. The van der Waals surface area contributed by atoms with Crippen LogP contribution < -0.4 is 0 Å². The van der Waals surface area contributed by atoms with Crippen LogP contribution in [0.25, 0.3) is 0 Å². The van der Waals surface area contributed by atoms with Gasteiger partial charge in [-0.3, -0.25) is 4.79 Å². The number of sulfone groups is 1. The van der Waals surface area contributed by atoms with Crippen LogP contribution in [-0.4, -0.2) is 26.2 Å². The minimum atomic E-state index is -3.56. The highest BCUT2D eigenvalue weighted by Gasteiger charge is 2.39. The molecule has 0 bridgehead atoms. The van der Waals surface area contributed by atoms with E-state index in [1.165, 1.54) is 12.1 Å². The molecule has 1 aliphatic rings. The van der Waals surface area contributed by atoms with E-state index in [4.69, 9.17) is 0 Å². The molecule has 80 valence electrons. The van der Waals surface area contributed by atoms with Gasteiger partial charge in [-0.05, 0) is 12.1 Å². The van der Waals surface area contributed by atoms with Gasteiger partial charge in [-0.2, -0.15) is 0 Å². The van der Waals surface area contributed by atoms with E-state index < -0.39 is 21.1 Å². The fourth-order valence-corrected chi connectivity index (χ4v) is 3.13. The van der Waals surface area contributed by atoms with Gasteiger partial charge in [-0.25, -0.2) is 8.42 Å². The number of rotatable bonds is 2. The average molecular weight is 226 g/mol. The molecule has 0 saturated carbocycles. The van der Waals surface area contributed by atoms with Crippen LogP contribution in [-0.2, 0) is 19.4 Å². The van der Waals surface area contributed by atoms with Gasteiger partial charge >= 0.3 is 5.97 Å². The molecule has 1 atom stereocenters. The van der Waals surface area contributed by atoms with Crippen molar-refractivity contribution < 1.29 is 17.9 Å². The molecule has 0 aromatic heterocycles. The fraction of sp³-hybridized carbons (Fsp3) is 0.300. The Hall–Kier alpha value is -1.36. The van der Waals surface area contributed by atoms with Gasteiger partial charge in [-0.1, -0.05) is 18.2 Å². The van der Waals surface area contributed by atoms with Crippen LogP contribution in [0.4, 0.5) is 0 Å². The molecule has 0 unspecified atom stereocenters. The van der Waals surface area contributed by atoms with E-state index in [9.17, 15) is 13.2 Å². The fourth-order valence-electron chi connectivity index (χ4n) is 1.53. The largest absolute Gasteiger partial charge is 0.465 e. The first-order valence-electron chi connectivity index (χ1n) is 4.58. The molecule has 5 heteroatoms. The van der Waals surface area contributed by atoms with Gasteiger partial charge in [0.05, 0.1) is 11.5 Å². The summed E-state index contributed by atoms with van der Waals surface area (Å²) in [4.78, 5) is 11.4. The zero-order valence-corrected chi connectivity index (χ0v) is 8.74. The topological polar surface area (TPSA) is 60.4 Å². The Kier molecular flexibility index (Phi) is 2.48. The van der Waals surface area contributed by atoms with Crippen molar-refractivity contribution in [2.75, 3.05) is 6.61 Å². The third-order valence-corrected chi connectivity index (χ3v) is 4.44. The van der Waals surface area contributed by atoms with Crippen LogP contribution in [0.1, 0.15) is 6.42 Å². The van der Waals surface area contributed by atoms with Gasteiger partial charge in [0, 0.05) is 6.42 Å². The molecule has 1 aromatic rings. The number of hydrogen-bond donors (Lipinski definition) is 0. The summed E-state index contributed by atoms with van der Waals surface area (Å²) in [5.74, 6) is -0.640. The first-order valence-corrected chi connectivity index (χ1v) is 6.12. The lowest BCUT2D eigenvalue weighted by atomic mass is 10.4. The SMILES string of the molecule is O=C1OCC[C@H]1S(=O)(=O)c1ccccc1. The Bertz CT molecular complexity index is 463. The number of carbonyl (C=O) groups is 1. The molecule has 0 N–H and O–H groups in total. The monoisotopic (exact) mass is 226 g/mol. The quantitative estimate of drug-likeness (QED) is 0.699. The summed E-state index contributed by atoms with van der Waals surface area (Å²) >= 11 is 0. The van der Waals surface area contributed by atoms with Crippen molar-refractivity contribution in [3.05, 3.63) is 30.3 Å². The number of cyclic esters (lactones) is 1. The van der Waals surface area contributed by atoms with Crippen molar-refractivity contribution in [1.82, 2.24) is 0 Å². The van der Waals surface area contributed by atoms with Crippen molar-refractivity contribution in [2.24, 2.45) is 0 Å². The predicted molar refractivity (Wildman–Crippen MR) is 53.0 cm³/mol. The summed E-state index contributed by atoms with van der Waals surface area (Å²) in [6.07, 6.45) is 0.246. The van der Waals surface area contributed by atoms with E-state index in [-0.39, 0.29) is 17.9 Å². The molecule has 1 saturated heterocycles. The van der Waals surface area contributed by atoms with E-state index in [1.54, 1.807) is 18.2 Å². The zero-order chi connectivity index (χ0) is 10.9. The summed E-state index contributed by atoms with van der Waals surface area (Å²) in [5.41, 5.74) is 0. The maximum absolute atomic E-state index is 11.9. The lowest BCUT2D eigenvalue weighted by Crippen LogP contribution is -2.25.